The zero-order chi connectivity index (χ0) is 15.1. The van der Waals surface area contributed by atoms with E-state index in [-0.39, 0.29) is 12.5 Å². The molecule has 0 saturated heterocycles. The number of aliphatic hydroxyl groups is 1. The van der Waals surface area contributed by atoms with E-state index in [9.17, 15) is 14.3 Å². The van der Waals surface area contributed by atoms with Gasteiger partial charge in [-0.2, -0.15) is 0 Å². The van der Waals surface area contributed by atoms with Gasteiger partial charge in [0.1, 0.15) is 5.82 Å². The highest BCUT2D eigenvalue weighted by molar-refractivity contribution is 5.81. The number of halogens is 1. The molecule has 1 aromatic carbocycles. The van der Waals surface area contributed by atoms with Crippen LogP contribution in [0.25, 0.3) is 0 Å². The van der Waals surface area contributed by atoms with Crippen LogP contribution < -0.4 is 10.2 Å². The van der Waals surface area contributed by atoms with Crippen molar-refractivity contribution < 1.29 is 19.0 Å². The summed E-state index contributed by atoms with van der Waals surface area (Å²) in [5.74, 6) is -0.667. The average Bonchev–Trinajstić information content (AvgIpc) is 2.38. The fourth-order valence-corrected chi connectivity index (χ4v) is 1.74. The monoisotopic (exact) mass is 284 g/mol. The number of anilines is 1. The maximum Gasteiger partial charge on any atom is 0.239 e. The normalized spacial score (nSPS) is 12.1. The van der Waals surface area contributed by atoms with Gasteiger partial charge in [0.15, 0.2) is 0 Å². The van der Waals surface area contributed by atoms with E-state index in [1.54, 1.807) is 33.2 Å². The molecular formula is C14H21FN2O3. The third kappa shape index (κ3) is 4.79. The second-order valence-electron chi connectivity index (χ2n) is 4.59. The molecule has 2 N–H and O–H groups in total. The van der Waals surface area contributed by atoms with Gasteiger partial charge in [0.2, 0.25) is 5.91 Å². The third-order valence-electron chi connectivity index (χ3n) is 2.87. The Hall–Kier alpha value is -1.66. The number of hydrogen-bond acceptors (Lipinski definition) is 4. The second-order valence-corrected chi connectivity index (χ2v) is 4.59. The number of nitrogens with zero attached hydrogens (tertiary/aromatic N) is 1. The number of nitrogens with one attached hydrogen (secondary N) is 1. The van der Waals surface area contributed by atoms with Gasteiger partial charge in [-0.25, -0.2) is 4.39 Å². The predicted molar refractivity (Wildman–Crippen MR) is 75.2 cm³/mol. The smallest absolute Gasteiger partial charge is 0.239 e. The van der Waals surface area contributed by atoms with Gasteiger partial charge < -0.3 is 20.1 Å². The Kier molecular flexibility index (Phi) is 6.41. The number of likely N-dealkylation sites (N-methyl/N-ethyl adjacent to an activating group) is 1. The van der Waals surface area contributed by atoms with Crippen LogP contribution in [-0.2, 0) is 9.53 Å². The Balaban J connectivity index is 2.63. The summed E-state index contributed by atoms with van der Waals surface area (Å²) in [4.78, 5) is 13.1. The highest BCUT2D eigenvalue weighted by atomic mass is 19.1. The number of rotatable bonds is 7. The summed E-state index contributed by atoms with van der Waals surface area (Å²) < 4.78 is 18.7. The van der Waals surface area contributed by atoms with Crippen LogP contribution in [0.3, 0.4) is 0 Å². The molecule has 1 atom stereocenters. The van der Waals surface area contributed by atoms with Crippen LogP contribution in [0.5, 0.6) is 0 Å². The van der Waals surface area contributed by atoms with Gasteiger partial charge in [-0.15, -0.1) is 0 Å². The van der Waals surface area contributed by atoms with Crippen molar-refractivity contribution in [3.05, 3.63) is 29.6 Å². The van der Waals surface area contributed by atoms with Gasteiger partial charge in [-0.1, -0.05) is 6.07 Å². The summed E-state index contributed by atoms with van der Waals surface area (Å²) in [6.45, 7) is 2.48. The molecule has 0 saturated carbocycles. The van der Waals surface area contributed by atoms with Crippen LogP contribution in [0, 0.1) is 5.82 Å². The number of carbonyl (C=O) groups is 1. The molecule has 1 amide bonds. The van der Waals surface area contributed by atoms with Crippen LogP contribution in [0.1, 0.15) is 18.6 Å². The van der Waals surface area contributed by atoms with Crippen molar-refractivity contribution in [1.29, 1.82) is 0 Å². The van der Waals surface area contributed by atoms with E-state index >= 15 is 0 Å². The fourth-order valence-electron chi connectivity index (χ4n) is 1.74. The van der Waals surface area contributed by atoms with Gasteiger partial charge >= 0.3 is 0 Å². The van der Waals surface area contributed by atoms with Gasteiger partial charge in [0, 0.05) is 20.7 Å². The molecule has 0 bridgehead atoms. The van der Waals surface area contributed by atoms with Crippen molar-refractivity contribution in [3.63, 3.8) is 0 Å². The summed E-state index contributed by atoms with van der Waals surface area (Å²) in [6, 6.07) is 4.47. The van der Waals surface area contributed by atoms with Crippen molar-refractivity contribution in [3.8, 4) is 0 Å². The molecule has 0 aliphatic rings. The number of aliphatic hydroxyl groups excluding tert-OH is 1. The number of hydrogen-bond donors (Lipinski definition) is 2. The Morgan fingerprint density at radius 1 is 1.55 bits per heavy atom. The van der Waals surface area contributed by atoms with Crippen LogP contribution in [0.15, 0.2) is 18.2 Å². The second kappa shape index (κ2) is 7.81. The van der Waals surface area contributed by atoms with Crippen LogP contribution in [-0.4, -0.2) is 44.9 Å². The van der Waals surface area contributed by atoms with Crippen LogP contribution in [0.4, 0.5) is 10.1 Å². The van der Waals surface area contributed by atoms with Crippen molar-refractivity contribution in [1.82, 2.24) is 5.32 Å². The maximum absolute atomic E-state index is 13.9. The lowest BCUT2D eigenvalue weighted by Gasteiger charge is -2.20. The topological polar surface area (TPSA) is 61.8 Å². The highest BCUT2D eigenvalue weighted by Crippen LogP contribution is 2.22. The lowest BCUT2D eigenvalue weighted by atomic mass is 10.1. The SMILES string of the molecule is COCCNC(=O)CN(C)c1ccc([C@H](C)O)cc1F. The van der Waals surface area contributed by atoms with E-state index in [1.165, 1.54) is 11.0 Å². The zero-order valence-electron chi connectivity index (χ0n) is 12.0. The van der Waals surface area contributed by atoms with E-state index in [0.717, 1.165) is 0 Å². The molecule has 0 fully saturated rings. The Labute approximate surface area is 118 Å². The molecule has 0 aromatic heterocycles. The lowest BCUT2D eigenvalue weighted by Crippen LogP contribution is -2.37. The Morgan fingerprint density at radius 3 is 2.80 bits per heavy atom. The van der Waals surface area contributed by atoms with Crippen molar-refractivity contribution in [2.75, 3.05) is 38.8 Å². The molecule has 112 valence electrons. The van der Waals surface area contributed by atoms with Gasteiger partial charge in [-0.3, -0.25) is 4.79 Å². The molecule has 0 unspecified atom stereocenters. The van der Waals surface area contributed by atoms with E-state index < -0.39 is 11.9 Å². The molecule has 6 heteroatoms. The molecule has 0 aliphatic heterocycles. The highest BCUT2D eigenvalue weighted by Gasteiger charge is 2.13. The van der Waals surface area contributed by atoms with Crippen molar-refractivity contribution in [2.24, 2.45) is 0 Å². The third-order valence-corrected chi connectivity index (χ3v) is 2.87. The largest absolute Gasteiger partial charge is 0.389 e. The van der Waals surface area contributed by atoms with E-state index in [0.29, 0.717) is 24.4 Å². The summed E-state index contributed by atoms with van der Waals surface area (Å²) in [7, 11) is 3.19. The van der Waals surface area contributed by atoms with Gasteiger partial charge in [-0.05, 0) is 24.6 Å². The molecule has 20 heavy (non-hydrogen) atoms. The maximum atomic E-state index is 13.9. The molecule has 0 radical (unpaired) electrons. The summed E-state index contributed by atoms with van der Waals surface area (Å²) in [6.07, 6.45) is -0.721. The quantitative estimate of drug-likeness (QED) is 0.736. The summed E-state index contributed by atoms with van der Waals surface area (Å²) >= 11 is 0. The summed E-state index contributed by atoms with van der Waals surface area (Å²) in [5, 5.41) is 12.1. The molecule has 0 aliphatic carbocycles. The predicted octanol–water partition coefficient (Wildman–Crippen LogP) is 1.08. The van der Waals surface area contributed by atoms with Gasteiger partial charge in [0.05, 0.1) is 24.9 Å². The first-order valence-corrected chi connectivity index (χ1v) is 6.40. The standard InChI is InChI=1S/C14H21FN2O3/c1-10(18)11-4-5-13(12(15)8-11)17(2)9-14(19)16-6-7-20-3/h4-5,8,10,18H,6-7,9H2,1-3H3,(H,16,19)/t10-/m0/s1. The van der Waals surface area contributed by atoms with E-state index in [4.69, 9.17) is 4.74 Å². The Bertz CT molecular complexity index is 452. The fraction of sp³-hybridized carbons (Fsp3) is 0.500. The molecule has 0 spiro atoms. The van der Waals surface area contributed by atoms with Crippen molar-refractivity contribution >= 4 is 11.6 Å². The molecule has 1 aromatic rings. The first-order chi connectivity index (χ1) is 9.45. The Morgan fingerprint density at radius 2 is 2.25 bits per heavy atom. The lowest BCUT2D eigenvalue weighted by molar-refractivity contribution is -0.119. The number of methoxy groups -OCH3 is 1. The van der Waals surface area contributed by atoms with Crippen LogP contribution in [0.2, 0.25) is 0 Å². The zero-order valence-corrected chi connectivity index (χ0v) is 12.0. The first-order valence-electron chi connectivity index (χ1n) is 6.40. The number of ether oxygens (including phenoxy) is 1. The minimum absolute atomic E-state index is 0.0503. The van der Waals surface area contributed by atoms with Gasteiger partial charge in [0.25, 0.3) is 0 Å². The van der Waals surface area contributed by atoms with E-state index in [1.807, 2.05) is 0 Å². The minimum atomic E-state index is -0.721. The summed E-state index contributed by atoms with van der Waals surface area (Å²) in [5.41, 5.74) is 0.820. The van der Waals surface area contributed by atoms with Crippen LogP contribution >= 0.6 is 0 Å². The molecular weight excluding hydrogens is 263 g/mol. The minimum Gasteiger partial charge on any atom is -0.389 e. The number of carbonyl (C=O) groups excluding carboxylic acids is 1. The molecule has 1 rings (SSSR count). The molecule has 5 nitrogen and oxygen atoms in total. The first kappa shape index (κ1) is 16.4. The van der Waals surface area contributed by atoms with Crippen molar-refractivity contribution in [2.45, 2.75) is 13.0 Å². The van der Waals surface area contributed by atoms with E-state index in [2.05, 4.69) is 5.32 Å². The number of benzene rings is 1. The molecule has 0 heterocycles. The average molecular weight is 284 g/mol. The number of amides is 1.